The number of nitrogens with one attached hydrogen (secondary N) is 1. The number of ether oxygens (including phenoxy) is 1. The summed E-state index contributed by atoms with van der Waals surface area (Å²) in [5, 5.41) is 8.66. The zero-order valence-electron chi connectivity index (χ0n) is 25.2. The van der Waals surface area contributed by atoms with Gasteiger partial charge in [-0.05, 0) is 72.8 Å². The molecule has 3 heterocycles. The molecule has 0 bridgehead atoms. The van der Waals surface area contributed by atoms with Crippen molar-refractivity contribution in [2.24, 2.45) is 0 Å². The van der Waals surface area contributed by atoms with Gasteiger partial charge < -0.3 is 14.5 Å². The van der Waals surface area contributed by atoms with Crippen molar-refractivity contribution in [3.05, 3.63) is 89.1 Å². The number of piperidine rings is 1. The number of carbonyl (C=O) groups is 1. The van der Waals surface area contributed by atoms with Gasteiger partial charge in [0.1, 0.15) is 0 Å². The molecule has 0 atom stereocenters. The predicted molar refractivity (Wildman–Crippen MR) is 164 cm³/mol. The van der Waals surface area contributed by atoms with Crippen LogP contribution in [0.2, 0.25) is 0 Å². The minimum atomic E-state index is -4.35. The van der Waals surface area contributed by atoms with Gasteiger partial charge in [0.2, 0.25) is 5.88 Å². The van der Waals surface area contributed by atoms with E-state index < -0.39 is 11.7 Å². The Balaban J connectivity index is 1.10. The summed E-state index contributed by atoms with van der Waals surface area (Å²) < 4.78 is 43.7. The molecule has 1 aromatic heterocycles. The van der Waals surface area contributed by atoms with Gasteiger partial charge in [-0.25, -0.2) is 4.98 Å². The molecule has 3 aromatic rings. The number of anilines is 1. The van der Waals surface area contributed by atoms with Gasteiger partial charge >= 0.3 is 6.18 Å². The Morgan fingerprint density at radius 1 is 0.932 bits per heavy atom. The van der Waals surface area contributed by atoms with Crippen molar-refractivity contribution in [3.63, 3.8) is 0 Å². The summed E-state index contributed by atoms with van der Waals surface area (Å²) in [5.74, 6) is 0.621. The average molecular weight is 609 g/mol. The van der Waals surface area contributed by atoms with Crippen LogP contribution in [0.15, 0.2) is 66.9 Å². The second kappa shape index (κ2) is 13.8. The van der Waals surface area contributed by atoms with Crippen LogP contribution in [0.3, 0.4) is 0 Å². The average Bonchev–Trinajstić information content (AvgIpc) is 3.05. The first-order valence-corrected chi connectivity index (χ1v) is 14.9. The Kier molecular flexibility index (Phi) is 9.85. The first kappa shape index (κ1) is 31.5. The Bertz CT molecular complexity index is 1410. The highest BCUT2D eigenvalue weighted by Gasteiger charge is 2.30. The molecule has 2 fully saturated rings. The molecule has 8 nitrogen and oxygen atoms in total. The Morgan fingerprint density at radius 2 is 1.57 bits per heavy atom. The van der Waals surface area contributed by atoms with Crippen molar-refractivity contribution in [1.82, 2.24) is 19.7 Å². The normalized spacial score (nSPS) is 17.0. The largest absolute Gasteiger partial charge is 0.481 e. The molecule has 2 aromatic carbocycles. The number of aromatic nitrogens is 1. The van der Waals surface area contributed by atoms with Crippen LogP contribution in [0.25, 0.3) is 0 Å². The Hall–Kier alpha value is -3.96. The second-order valence-corrected chi connectivity index (χ2v) is 11.5. The number of halogens is 3. The van der Waals surface area contributed by atoms with Crippen LogP contribution in [0, 0.1) is 5.41 Å². The van der Waals surface area contributed by atoms with E-state index in [1.807, 2.05) is 24.4 Å². The Morgan fingerprint density at radius 3 is 2.18 bits per heavy atom. The van der Waals surface area contributed by atoms with Crippen LogP contribution >= 0.6 is 0 Å². The zero-order valence-corrected chi connectivity index (χ0v) is 25.2. The first-order chi connectivity index (χ1) is 21.1. The number of alkyl halides is 3. The molecule has 5 rings (SSSR count). The molecular weight excluding hydrogens is 569 g/mol. The number of hydrogen-bond donors (Lipinski definition) is 1. The molecule has 0 spiro atoms. The number of benzene rings is 2. The zero-order chi connectivity index (χ0) is 31.3. The molecule has 2 aliphatic rings. The van der Waals surface area contributed by atoms with E-state index in [1.165, 1.54) is 17.7 Å². The highest BCUT2D eigenvalue weighted by atomic mass is 19.4. The number of amidine groups is 1. The van der Waals surface area contributed by atoms with Gasteiger partial charge in [0.05, 0.1) is 12.7 Å². The number of methoxy groups -OCH3 is 1. The third-order valence-electron chi connectivity index (χ3n) is 8.61. The van der Waals surface area contributed by atoms with Crippen molar-refractivity contribution >= 4 is 17.4 Å². The third-order valence-corrected chi connectivity index (χ3v) is 8.61. The first-order valence-electron chi connectivity index (χ1n) is 14.9. The maximum Gasteiger partial charge on any atom is 0.416 e. The van der Waals surface area contributed by atoms with Crippen molar-refractivity contribution in [2.45, 2.75) is 38.0 Å². The number of hydrogen-bond acceptors (Lipinski definition) is 6. The van der Waals surface area contributed by atoms with Gasteiger partial charge in [0.25, 0.3) is 5.91 Å². The lowest BCUT2D eigenvalue weighted by Gasteiger charge is -2.36. The van der Waals surface area contributed by atoms with Crippen molar-refractivity contribution in [1.29, 1.82) is 5.41 Å². The SMILES string of the molecule is COc1ccc(CN2CCC(c3cccc(N(C)C(=N)C(=O)N4CCN(Cc5ccc(C(F)(F)F)cc5)CC4)c3)CC2)cn1. The third kappa shape index (κ3) is 7.75. The summed E-state index contributed by atoms with van der Waals surface area (Å²) in [6.45, 7) is 5.43. The topological polar surface area (TPSA) is 76.0 Å². The summed E-state index contributed by atoms with van der Waals surface area (Å²) in [4.78, 5) is 25.4. The lowest BCUT2D eigenvalue weighted by atomic mass is 9.89. The maximum atomic E-state index is 13.2. The van der Waals surface area contributed by atoms with Crippen LogP contribution in [0.5, 0.6) is 5.88 Å². The molecule has 44 heavy (non-hydrogen) atoms. The van der Waals surface area contributed by atoms with E-state index in [1.54, 1.807) is 24.0 Å². The van der Waals surface area contributed by atoms with Crippen LogP contribution in [-0.4, -0.2) is 84.9 Å². The van der Waals surface area contributed by atoms with Crippen molar-refractivity contribution < 1.29 is 22.7 Å². The minimum Gasteiger partial charge on any atom is -0.481 e. The summed E-state index contributed by atoms with van der Waals surface area (Å²) >= 11 is 0. The number of amides is 1. The molecule has 0 unspecified atom stereocenters. The summed E-state index contributed by atoms with van der Waals surface area (Å²) in [7, 11) is 3.37. The quantitative estimate of drug-likeness (QED) is 0.292. The molecule has 11 heteroatoms. The molecule has 1 amide bonds. The fourth-order valence-corrected chi connectivity index (χ4v) is 5.88. The van der Waals surface area contributed by atoms with Gasteiger partial charge in [-0.3, -0.25) is 20.0 Å². The minimum absolute atomic E-state index is 0.0822. The molecule has 0 radical (unpaired) electrons. The molecule has 0 saturated carbocycles. The molecular formula is C33H39F3N6O2. The van der Waals surface area contributed by atoms with Crippen LogP contribution in [0.4, 0.5) is 18.9 Å². The summed E-state index contributed by atoms with van der Waals surface area (Å²) in [5.41, 5.74) is 3.33. The van der Waals surface area contributed by atoms with E-state index in [4.69, 9.17) is 10.1 Å². The predicted octanol–water partition coefficient (Wildman–Crippen LogP) is 5.25. The van der Waals surface area contributed by atoms with Crippen molar-refractivity contribution in [3.8, 4) is 5.88 Å². The number of nitrogens with zero attached hydrogens (tertiary/aromatic N) is 5. The number of pyridine rings is 1. The lowest BCUT2D eigenvalue weighted by molar-refractivity contribution is -0.137. The number of likely N-dealkylation sites (tertiary alicyclic amines) is 1. The van der Waals surface area contributed by atoms with Crippen LogP contribution in [0.1, 0.15) is 41.0 Å². The fraction of sp³-hybridized carbons (Fsp3) is 0.424. The van der Waals surface area contributed by atoms with Crippen LogP contribution < -0.4 is 9.64 Å². The molecule has 0 aliphatic carbocycles. The van der Waals surface area contributed by atoms with Gasteiger partial charge in [0, 0.05) is 64.3 Å². The van der Waals surface area contributed by atoms with Gasteiger partial charge in [-0.1, -0.05) is 30.3 Å². The van der Waals surface area contributed by atoms with Gasteiger partial charge in [-0.2, -0.15) is 13.2 Å². The molecule has 234 valence electrons. The van der Waals surface area contributed by atoms with E-state index in [0.29, 0.717) is 44.5 Å². The van der Waals surface area contributed by atoms with Gasteiger partial charge in [0.15, 0.2) is 5.84 Å². The molecule has 2 saturated heterocycles. The van der Waals surface area contributed by atoms with E-state index in [-0.39, 0.29) is 11.7 Å². The van der Waals surface area contributed by atoms with E-state index >= 15 is 0 Å². The van der Waals surface area contributed by atoms with Crippen molar-refractivity contribution in [2.75, 3.05) is 58.3 Å². The highest BCUT2D eigenvalue weighted by molar-refractivity contribution is 6.41. The smallest absolute Gasteiger partial charge is 0.416 e. The van der Waals surface area contributed by atoms with E-state index in [0.717, 1.165) is 61.4 Å². The fourth-order valence-electron chi connectivity index (χ4n) is 5.88. The number of piperazine rings is 1. The monoisotopic (exact) mass is 608 g/mol. The summed E-state index contributed by atoms with van der Waals surface area (Å²) in [6, 6.07) is 17.3. The number of carbonyl (C=O) groups excluding carboxylic acids is 1. The lowest BCUT2D eigenvalue weighted by Crippen LogP contribution is -2.52. The molecule has 1 N–H and O–H groups in total. The summed E-state index contributed by atoms with van der Waals surface area (Å²) in [6.07, 6.45) is -0.421. The second-order valence-electron chi connectivity index (χ2n) is 11.5. The number of rotatable bonds is 7. The van der Waals surface area contributed by atoms with Gasteiger partial charge in [-0.15, -0.1) is 0 Å². The maximum absolute atomic E-state index is 13.2. The van der Waals surface area contributed by atoms with E-state index in [2.05, 4.69) is 33.0 Å². The molecule has 2 aliphatic heterocycles. The van der Waals surface area contributed by atoms with E-state index in [9.17, 15) is 18.0 Å². The van der Waals surface area contributed by atoms with Crippen LogP contribution in [-0.2, 0) is 24.1 Å². The highest BCUT2D eigenvalue weighted by Crippen LogP contribution is 2.31. The standard InChI is InChI=1S/C33H39F3N6O2/c1-39(31(37)32(43)42-18-16-41(17-19-42)22-24-6-9-28(10-7-24)33(34,35)36)29-5-3-4-27(20-29)26-12-14-40(15-13-26)23-25-8-11-30(44-2)38-21-25/h3-11,20-21,26,37H,12-19,22-23H2,1-2H3. The number of likely N-dealkylation sites (N-methyl/N-ethyl adjacent to an activating group) is 1. The Labute approximate surface area is 256 Å².